The van der Waals surface area contributed by atoms with Gasteiger partial charge in [-0.25, -0.2) is 0 Å². The third-order valence-electron chi connectivity index (χ3n) is 3.61. The molecule has 3 nitrogen and oxygen atoms in total. The molecule has 0 atom stereocenters. The fourth-order valence-corrected chi connectivity index (χ4v) is 2.92. The number of hydrogen-bond acceptors (Lipinski definition) is 3. The second-order valence-corrected chi connectivity index (χ2v) is 11.6. The first-order valence-electron chi connectivity index (χ1n) is 6.23. The number of rotatable bonds is 4. The van der Waals surface area contributed by atoms with Crippen LogP contribution in [0.2, 0.25) is 18.1 Å². The van der Waals surface area contributed by atoms with Crippen LogP contribution in [0.25, 0.3) is 0 Å². The Kier molecular flexibility index (Phi) is 4.95. The lowest BCUT2D eigenvalue weighted by Crippen LogP contribution is -2.43. The smallest absolute Gasteiger partial charge is 0.250 e. The lowest BCUT2D eigenvalue weighted by Gasteiger charge is -2.36. The zero-order chi connectivity index (χ0) is 14.8. The first-order chi connectivity index (χ1) is 8.62. The van der Waals surface area contributed by atoms with E-state index in [4.69, 9.17) is 13.9 Å². The highest BCUT2D eigenvalue weighted by Crippen LogP contribution is 2.42. The molecule has 1 aromatic rings. The van der Waals surface area contributed by atoms with Gasteiger partial charge in [0.05, 0.1) is 18.7 Å². The summed E-state index contributed by atoms with van der Waals surface area (Å²) in [5.74, 6) is 2.18. The molecule has 0 unspecified atom stereocenters. The average Bonchev–Trinajstić information content (AvgIpc) is 2.29. The molecule has 0 spiro atoms. The van der Waals surface area contributed by atoms with E-state index in [9.17, 15) is 0 Å². The van der Waals surface area contributed by atoms with Crippen LogP contribution in [0.1, 0.15) is 20.8 Å². The van der Waals surface area contributed by atoms with Gasteiger partial charge in [0.2, 0.25) is 0 Å². The van der Waals surface area contributed by atoms with E-state index in [0.717, 1.165) is 10.2 Å². The highest BCUT2D eigenvalue weighted by molar-refractivity contribution is 9.10. The quantitative estimate of drug-likeness (QED) is 0.729. The van der Waals surface area contributed by atoms with Gasteiger partial charge in [0.15, 0.2) is 11.5 Å². The summed E-state index contributed by atoms with van der Waals surface area (Å²) in [7, 11) is 1.38. The molecule has 0 aromatic heterocycles. The molecule has 0 aliphatic heterocycles. The zero-order valence-electron chi connectivity index (χ0n) is 12.8. The summed E-state index contributed by atoms with van der Waals surface area (Å²) in [6.45, 7) is 11.1. The molecule has 19 heavy (non-hydrogen) atoms. The Morgan fingerprint density at radius 2 is 1.42 bits per heavy atom. The van der Waals surface area contributed by atoms with Gasteiger partial charge in [0.25, 0.3) is 8.32 Å². The predicted octanol–water partition coefficient (Wildman–Crippen LogP) is 4.85. The van der Waals surface area contributed by atoms with Crippen molar-refractivity contribution in [1.29, 1.82) is 0 Å². The van der Waals surface area contributed by atoms with Crippen molar-refractivity contribution >= 4 is 24.2 Å². The van der Waals surface area contributed by atoms with Gasteiger partial charge in [-0.2, -0.15) is 0 Å². The van der Waals surface area contributed by atoms with Gasteiger partial charge in [-0.1, -0.05) is 20.8 Å². The maximum atomic E-state index is 6.30. The van der Waals surface area contributed by atoms with Gasteiger partial charge in [-0.3, -0.25) is 0 Å². The molecular formula is C14H23BrO3Si. The highest BCUT2D eigenvalue weighted by Gasteiger charge is 2.39. The fraction of sp³-hybridized carbons (Fsp3) is 0.571. The van der Waals surface area contributed by atoms with E-state index < -0.39 is 8.32 Å². The fourth-order valence-electron chi connectivity index (χ4n) is 1.34. The largest absolute Gasteiger partial charge is 0.543 e. The van der Waals surface area contributed by atoms with Crippen molar-refractivity contribution in [2.45, 2.75) is 38.9 Å². The van der Waals surface area contributed by atoms with Crippen LogP contribution in [0, 0.1) is 0 Å². The Hall–Kier alpha value is -0.683. The van der Waals surface area contributed by atoms with Gasteiger partial charge in [-0.15, -0.1) is 0 Å². The summed E-state index contributed by atoms with van der Waals surface area (Å²) in [5, 5.41) is 0.152. The molecular weight excluding hydrogens is 324 g/mol. The van der Waals surface area contributed by atoms with Crippen molar-refractivity contribution in [1.82, 2.24) is 0 Å². The average molecular weight is 347 g/mol. The summed E-state index contributed by atoms with van der Waals surface area (Å²) in [6, 6.07) is 3.75. The Labute approximate surface area is 125 Å². The van der Waals surface area contributed by atoms with Crippen LogP contribution < -0.4 is 13.9 Å². The van der Waals surface area contributed by atoms with Gasteiger partial charge in [-0.05, 0) is 34.1 Å². The Morgan fingerprint density at radius 1 is 0.947 bits per heavy atom. The molecule has 5 heteroatoms. The third-order valence-corrected chi connectivity index (χ3v) is 8.57. The number of ether oxygens (including phenoxy) is 2. The Balaban J connectivity index is 3.15. The van der Waals surface area contributed by atoms with Gasteiger partial charge in [0, 0.05) is 12.1 Å². The molecule has 0 heterocycles. The molecule has 0 radical (unpaired) electrons. The SMILES string of the molecule is COc1cc(Br)c(O[Si](C)(C)C(C)(C)C)cc1OC. The Morgan fingerprint density at radius 3 is 1.84 bits per heavy atom. The minimum absolute atomic E-state index is 0.152. The lowest BCUT2D eigenvalue weighted by atomic mass is 10.2. The first kappa shape index (κ1) is 16.4. The van der Waals surface area contributed by atoms with E-state index in [1.807, 2.05) is 12.1 Å². The maximum absolute atomic E-state index is 6.30. The van der Waals surface area contributed by atoms with Crippen LogP contribution in [0.15, 0.2) is 16.6 Å². The molecule has 0 amide bonds. The summed E-state index contributed by atoms with van der Waals surface area (Å²) in [4.78, 5) is 0. The van der Waals surface area contributed by atoms with Gasteiger partial charge < -0.3 is 13.9 Å². The molecule has 0 fully saturated rings. The molecule has 0 saturated heterocycles. The van der Waals surface area contributed by atoms with Crippen molar-refractivity contribution < 1.29 is 13.9 Å². The van der Waals surface area contributed by atoms with Crippen LogP contribution in [-0.2, 0) is 0 Å². The van der Waals surface area contributed by atoms with Crippen molar-refractivity contribution in [2.24, 2.45) is 0 Å². The lowest BCUT2D eigenvalue weighted by molar-refractivity contribution is 0.352. The van der Waals surface area contributed by atoms with E-state index >= 15 is 0 Å². The normalized spacial score (nSPS) is 12.2. The molecule has 108 valence electrons. The predicted molar refractivity (Wildman–Crippen MR) is 85.1 cm³/mol. The summed E-state index contributed by atoms with van der Waals surface area (Å²) < 4.78 is 17.8. The van der Waals surface area contributed by atoms with Crippen LogP contribution >= 0.6 is 15.9 Å². The van der Waals surface area contributed by atoms with E-state index in [0.29, 0.717) is 11.5 Å². The highest BCUT2D eigenvalue weighted by atomic mass is 79.9. The molecule has 0 N–H and O–H groups in total. The van der Waals surface area contributed by atoms with Gasteiger partial charge in [0.1, 0.15) is 5.75 Å². The minimum atomic E-state index is -1.87. The number of benzene rings is 1. The first-order valence-corrected chi connectivity index (χ1v) is 9.93. The molecule has 0 saturated carbocycles. The molecule has 0 bridgehead atoms. The summed E-state index contributed by atoms with van der Waals surface area (Å²) in [5.41, 5.74) is 0. The number of methoxy groups -OCH3 is 2. The van der Waals surface area contributed by atoms with Crippen LogP contribution in [0.3, 0.4) is 0 Å². The van der Waals surface area contributed by atoms with Crippen LogP contribution in [-0.4, -0.2) is 22.5 Å². The van der Waals surface area contributed by atoms with E-state index in [1.54, 1.807) is 14.2 Å². The molecule has 0 aliphatic rings. The second kappa shape index (κ2) is 5.75. The molecule has 1 rings (SSSR count). The topological polar surface area (TPSA) is 27.7 Å². The van der Waals surface area contributed by atoms with Crippen molar-refractivity contribution in [3.63, 3.8) is 0 Å². The maximum Gasteiger partial charge on any atom is 0.250 e. The zero-order valence-corrected chi connectivity index (χ0v) is 15.3. The van der Waals surface area contributed by atoms with Crippen LogP contribution in [0.4, 0.5) is 0 Å². The monoisotopic (exact) mass is 346 g/mol. The second-order valence-electron chi connectivity index (χ2n) is 6.00. The van der Waals surface area contributed by atoms with E-state index in [1.165, 1.54) is 0 Å². The van der Waals surface area contributed by atoms with Crippen molar-refractivity contribution in [3.8, 4) is 17.2 Å². The Bertz CT molecular complexity index is 453. The van der Waals surface area contributed by atoms with Crippen LogP contribution in [0.5, 0.6) is 17.2 Å². The number of hydrogen-bond donors (Lipinski definition) is 0. The molecule has 0 aliphatic carbocycles. The van der Waals surface area contributed by atoms with Gasteiger partial charge >= 0.3 is 0 Å². The standard InChI is InChI=1S/C14H23BrO3Si/c1-14(2,3)19(6,7)18-11-9-13(17-5)12(16-4)8-10(11)15/h8-9H,1-7H3. The summed E-state index contributed by atoms with van der Waals surface area (Å²) >= 11 is 3.53. The van der Waals surface area contributed by atoms with E-state index in [2.05, 4.69) is 49.8 Å². The van der Waals surface area contributed by atoms with Crippen molar-refractivity contribution in [3.05, 3.63) is 16.6 Å². The third kappa shape index (κ3) is 3.66. The number of halogens is 1. The molecule has 1 aromatic carbocycles. The minimum Gasteiger partial charge on any atom is -0.543 e. The summed E-state index contributed by atoms with van der Waals surface area (Å²) in [6.07, 6.45) is 0. The van der Waals surface area contributed by atoms with Crippen molar-refractivity contribution in [2.75, 3.05) is 14.2 Å². The van der Waals surface area contributed by atoms with E-state index in [-0.39, 0.29) is 5.04 Å².